The maximum absolute atomic E-state index is 11.7. The number of rotatable bonds is 2. The minimum atomic E-state index is -5.58. The first-order valence-electron chi connectivity index (χ1n) is 2.86. The van der Waals surface area contributed by atoms with Gasteiger partial charge < -0.3 is 8.60 Å². The van der Waals surface area contributed by atoms with Crippen LogP contribution in [-0.2, 0) is 10.1 Å². The van der Waals surface area contributed by atoms with Crippen molar-refractivity contribution < 1.29 is 30.2 Å². The molecule has 1 aromatic heterocycles. The van der Waals surface area contributed by atoms with E-state index in [9.17, 15) is 21.6 Å². The van der Waals surface area contributed by atoms with Gasteiger partial charge in [0.15, 0.2) is 5.75 Å². The Bertz CT molecular complexity index is 363. The Balaban J connectivity index is 2.87. The third-order valence-corrected chi connectivity index (χ3v) is 1.96. The Morgan fingerprint density at radius 2 is 2.00 bits per heavy atom. The fourth-order valence-electron chi connectivity index (χ4n) is 0.473. The van der Waals surface area contributed by atoms with Crippen LogP contribution in [0.4, 0.5) is 13.2 Å². The van der Waals surface area contributed by atoms with E-state index in [-0.39, 0.29) is 0 Å². The molecule has 0 bridgehead atoms. The molecule has 0 radical (unpaired) electrons. The zero-order valence-electron chi connectivity index (χ0n) is 5.91. The second-order valence-corrected chi connectivity index (χ2v) is 3.48. The smallest absolute Gasteiger partial charge is 0.469 e. The van der Waals surface area contributed by atoms with Gasteiger partial charge in [-0.15, -0.1) is 0 Å². The minimum absolute atomic E-state index is 0.516. The van der Waals surface area contributed by atoms with Crippen molar-refractivity contribution in [2.24, 2.45) is 0 Å². The van der Waals surface area contributed by atoms with Gasteiger partial charge in [0.25, 0.3) is 0 Å². The van der Waals surface area contributed by atoms with Crippen LogP contribution in [0.15, 0.2) is 23.0 Å². The topological polar surface area (TPSA) is 56.5 Å². The Labute approximate surface area is 71.0 Å². The monoisotopic (exact) mass is 216 g/mol. The lowest BCUT2D eigenvalue weighted by Gasteiger charge is -2.06. The van der Waals surface area contributed by atoms with Crippen molar-refractivity contribution in [2.75, 3.05) is 0 Å². The average molecular weight is 216 g/mol. The van der Waals surface area contributed by atoms with Gasteiger partial charge in [0.1, 0.15) is 6.26 Å². The summed E-state index contributed by atoms with van der Waals surface area (Å²) in [5.41, 5.74) is -5.43. The highest BCUT2D eigenvalue weighted by atomic mass is 32.2. The van der Waals surface area contributed by atoms with Gasteiger partial charge in [0, 0.05) is 6.07 Å². The molecule has 0 N–H and O–H groups in total. The van der Waals surface area contributed by atoms with E-state index in [1.165, 1.54) is 0 Å². The number of halogens is 3. The molecule has 13 heavy (non-hydrogen) atoms. The van der Waals surface area contributed by atoms with Crippen LogP contribution in [0.2, 0.25) is 0 Å². The van der Waals surface area contributed by atoms with Crippen LogP contribution in [0, 0.1) is 0 Å². The van der Waals surface area contributed by atoms with Gasteiger partial charge in [-0.05, 0) is 0 Å². The van der Waals surface area contributed by atoms with Crippen LogP contribution in [0.1, 0.15) is 0 Å². The lowest BCUT2D eigenvalue weighted by Crippen LogP contribution is -2.27. The van der Waals surface area contributed by atoms with Crippen LogP contribution >= 0.6 is 0 Å². The zero-order chi connectivity index (χ0) is 10.1. The fourth-order valence-corrected chi connectivity index (χ4v) is 0.916. The van der Waals surface area contributed by atoms with E-state index in [1.54, 1.807) is 0 Å². The van der Waals surface area contributed by atoms with Crippen molar-refractivity contribution in [2.45, 2.75) is 5.51 Å². The van der Waals surface area contributed by atoms with Gasteiger partial charge in [-0.3, -0.25) is 0 Å². The van der Waals surface area contributed by atoms with Crippen LogP contribution in [-0.4, -0.2) is 13.9 Å². The molecule has 0 fully saturated rings. The highest BCUT2D eigenvalue weighted by molar-refractivity contribution is 7.87. The predicted octanol–water partition coefficient (Wildman–Crippen LogP) is 1.51. The fraction of sp³-hybridized carbons (Fsp3) is 0.200. The zero-order valence-corrected chi connectivity index (χ0v) is 6.72. The van der Waals surface area contributed by atoms with Gasteiger partial charge in [0.05, 0.1) is 6.26 Å². The second-order valence-electron chi connectivity index (χ2n) is 1.94. The van der Waals surface area contributed by atoms with E-state index in [2.05, 4.69) is 8.60 Å². The van der Waals surface area contributed by atoms with Crippen LogP contribution < -0.4 is 4.18 Å². The third kappa shape index (κ3) is 2.14. The van der Waals surface area contributed by atoms with Crippen molar-refractivity contribution in [1.29, 1.82) is 0 Å². The lowest BCUT2D eigenvalue weighted by atomic mass is 10.6. The molecule has 4 nitrogen and oxygen atoms in total. The van der Waals surface area contributed by atoms with Crippen LogP contribution in [0.5, 0.6) is 5.75 Å². The molecule has 0 saturated carbocycles. The summed E-state index contributed by atoms with van der Waals surface area (Å²) in [4.78, 5) is 0. The number of hydrogen-bond donors (Lipinski definition) is 0. The molecular formula is C5H3F3O4S. The average Bonchev–Trinajstić information content (AvgIpc) is 2.35. The molecule has 0 aromatic carbocycles. The Morgan fingerprint density at radius 1 is 1.38 bits per heavy atom. The summed E-state index contributed by atoms with van der Waals surface area (Å²) < 4.78 is 63.7. The molecule has 0 spiro atoms. The predicted molar refractivity (Wildman–Crippen MR) is 34.3 cm³/mol. The summed E-state index contributed by atoms with van der Waals surface area (Å²) in [6, 6.07) is 0.948. The maximum atomic E-state index is 11.7. The summed E-state index contributed by atoms with van der Waals surface area (Å²) in [5, 5.41) is 0. The number of alkyl halides is 3. The van der Waals surface area contributed by atoms with Crippen molar-refractivity contribution in [3.63, 3.8) is 0 Å². The Morgan fingerprint density at radius 3 is 2.38 bits per heavy atom. The van der Waals surface area contributed by atoms with E-state index in [1.807, 2.05) is 0 Å². The van der Waals surface area contributed by atoms with E-state index < -0.39 is 21.4 Å². The maximum Gasteiger partial charge on any atom is 0.534 e. The van der Waals surface area contributed by atoms with Crippen molar-refractivity contribution in [1.82, 2.24) is 0 Å². The van der Waals surface area contributed by atoms with Crippen LogP contribution in [0.3, 0.4) is 0 Å². The molecule has 1 aromatic rings. The van der Waals surface area contributed by atoms with E-state index in [0.29, 0.717) is 0 Å². The molecule has 74 valence electrons. The van der Waals surface area contributed by atoms with Crippen molar-refractivity contribution in [3.05, 3.63) is 18.6 Å². The molecule has 0 saturated heterocycles. The molecule has 8 heteroatoms. The molecule has 0 atom stereocenters. The molecular weight excluding hydrogens is 213 g/mol. The molecule has 0 amide bonds. The Kier molecular flexibility index (Phi) is 2.24. The van der Waals surface area contributed by atoms with Gasteiger partial charge in [-0.1, -0.05) is 0 Å². The summed E-state index contributed by atoms with van der Waals surface area (Å²) in [5.74, 6) is -0.516. The molecule has 1 heterocycles. The lowest BCUT2D eigenvalue weighted by molar-refractivity contribution is -0.0500. The number of furan rings is 1. The van der Waals surface area contributed by atoms with Crippen LogP contribution in [0.25, 0.3) is 0 Å². The van der Waals surface area contributed by atoms with Gasteiger partial charge >= 0.3 is 15.6 Å². The normalized spacial score (nSPS) is 12.8. The SMILES string of the molecule is O=S(=O)(Oc1ccoc1)C(F)(F)F. The van der Waals surface area contributed by atoms with Gasteiger partial charge in [-0.2, -0.15) is 21.6 Å². The van der Waals surface area contributed by atoms with Crippen molar-refractivity contribution in [3.8, 4) is 5.75 Å². The quantitative estimate of drug-likeness (QED) is 0.555. The van der Waals surface area contributed by atoms with Gasteiger partial charge in [-0.25, -0.2) is 0 Å². The molecule has 0 aliphatic rings. The van der Waals surface area contributed by atoms with Crippen molar-refractivity contribution >= 4 is 10.1 Å². The number of hydrogen-bond acceptors (Lipinski definition) is 4. The summed E-state index contributed by atoms with van der Waals surface area (Å²) in [6.45, 7) is 0. The second kappa shape index (κ2) is 2.95. The molecule has 1 rings (SSSR count). The summed E-state index contributed by atoms with van der Waals surface area (Å²) in [7, 11) is -5.58. The first kappa shape index (κ1) is 9.90. The summed E-state index contributed by atoms with van der Waals surface area (Å²) >= 11 is 0. The van der Waals surface area contributed by atoms with E-state index in [4.69, 9.17) is 0 Å². The Hall–Kier alpha value is -1.18. The highest BCUT2D eigenvalue weighted by Crippen LogP contribution is 2.26. The van der Waals surface area contributed by atoms with E-state index in [0.717, 1.165) is 18.6 Å². The first-order chi connectivity index (χ1) is 5.83. The molecule has 0 unspecified atom stereocenters. The third-order valence-electron chi connectivity index (χ3n) is 0.984. The summed E-state index contributed by atoms with van der Waals surface area (Å²) in [6.07, 6.45) is 1.73. The van der Waals surface area contributed by atoms with E-state index >= 15 is 0 Å². The minimum Gasteiger partial charge on any atom is -0.469 e. The standard InChI is InChI=1S/C5H3F3O4S/c6-5(7,8)13(9,10)12-4-1-2-11-3-4/h1-3H. The largest absolute Gasteiger partial charge is 0.534 e. The molecule has 0 aliphatic heterocycles. The van der Waals surface area contributed by atoms with Gasteiger partial charge in [0.2, 0.25) is 0 Å². The first-order valence-corrected chi connectivity index (χ1v) is 4.27. The molecule has 0 aliphatic carbocycles. The highest BCUT2D eigenvalue weighted by Gasteiger charge is 2.48.